The van der Waals surface area contributed by atoms with E-state index in [2.05, 4.69) is 5.32 Å². The number of amides is 2. The van der Waals surface area contributed by atoms with Crippen molar-refractivity contribution in [3.63, 3.8) is 0 Å². The normalized spacial score (nSPS) is 18.6. The number of carbonyl (C=O) groups excluding carboxylic acids is 2. The first-order valence-corrected chi connectivity index (χ1v) is 9.81. The Morgan fingerprint density at radius 3 is 2.34 bits per heavy atom. The number of carbonyl (C=O) groups is 2. The minimum atomic E-state index is -0.369. The third kappa shape index (κ3) is 4.36. The van der Waals surface area contributed by atoms with Gasteiger partial charge in [-0.1, -0.05) is 30.3 Å². The molecule has 0 radical (unpaired) electrons. The molecule has 1 N–H and O–H groups in total. The van der Waals surface area contributed by atoms with E-state index in [0.29, 0.717) is 30.2 Å². The van der Waals surface area contributed by atoms with E-state index in [1.807, 2.05) is 50.2 Å². The lowest BCUT2D eigenvalue weighted by Gasteiger charge is -2.22. The highest BCUT2D eigenvalue weighted by Crippen LogP contribution is 2.42. The SMILES string of the molecule is COc1cccc(C2CN(C(=O)c3ccccc3)CC2C(=O)NC(C)C)c1OC. The van der Waals surface area contributed by atoms with Crippen LogP contribution in [0.3, 0.4) is 0 Å². The van der Waals surface area contributed by atoms with Gasteiger partial charge < -0.3 is 19.7 Å². The van der Waals surface area contributed by atoms with E-state index < -0.39 is 0 Å². The van der Waals surface area contributed by atoms with Gasteiger partial charge in [0.05, 0.1) is 20.1 Å². The molecule has 1 heterocycles. The highest BCUT2D eigenvalue weighted by Gasteiger charge is 2.42. The summed E-state index contributed by atoms with van der Waals surface area (Å²) in [5, 5.41) is 3.00. The quantitative estimate of drug-likeness (QED) is 0.815. The lowest BCUT2D eigenvalue weighted by molar-refractivity contribution is -0.125. The van der Waals surface area contributed by atoms with Gasteiger partial charge >= 0.3 is 0 Å². The summed E-state index contributed by atoms with van der Waals surface area (Å²) in [6, 6.07) is 14.8. The zero-order chi connectivity index (χ0) is 21.0. The standard InChI is InChI=1S/C23H28N2O4/c1-15(2)24-22(26)19-14-25(23(27)16-9-6-5-7-10-16)13-18(19)17-11-8-12-20(28-3)21(17)29-4/h5-12,15,18-19H,13-14H2,1-4H3,(H,24,26). The lowest BCUT2D eigenvalue weighted by atomic mass is 9.87. The van der Waals surface area contributed by atoms with Gasteiger partial charge in [0.25, 0.3) is 5.91 Å². The molecule has 2 atom stereocenters. The molecule has 1 fully saturated rings. The maximum absolute atomic E-state index is 13.0. The second-order valence-corrected chi connectivity index (χ2v) is 7.54. The number of likely N-dealkylation sites (tertiary alicyclic amines) is 1. The summed E-state index contributed by atoms with van der Waals surface area (Å²) < 4.78 is 11.0. The zero-order valence-corrected chi connectivity index (χ0v) is 17.3. The van der Waals surface area contributed by atoms with Crippen LogP contribution < -0.4 is 14.8 Å². The smallest absolute Gasteiger partial charge is 0.253 e. The highest BCUT2D eigenvalue weighted by molar-refractivity contribution is 5.95. The van der Waals surface area contributed by atoms with Crippen LogP contribution in [0, 0.1) is 5.92 Å². The summed E-state index contributed by atoms with van der Waals surface area (Å²) in [7, 11) is 3.18. The average molecular weight is 396 g/mol. The van der Waals surface area contributed by atoms with Gasteiger partial charge in [-0.15, -0.1) is 0 Å². The van der Waals surface area contributed by atoms with E-state index in [-0.39, 0.29) is 29.7 Å². The van der Waals surface area contributed by atoms with Crippen LogP contribution in [0.2, 0.25) is 0 Å². The molecular weight excluding hydrogens is 368 g/mol. The van der Waals surface area contributed by atoms with Gasteiger partial charge in [0.1, 0.15) is 0 Å². The predicted octanol–water partition coefficient (Wildman–Crippen LogP) is 3.08. The van der Waals surface area contributed by atoms with Crippen molar-refractivity contribution in [1.82, 2.24) is 10.2 Å². The van der Waals surface area contributed by atoms with Crippen molar-refractivity contribution in [3.8, 4) is 11.5 Å². The molecular formula is C23H28N2O4. The molecule has 6 heteroatoms. The summed E-state index contributed by atoms with van der Waals surface area (Å²) in [4.78, 5) is 27.8. The first kappa shape index (κ1) is 20.7. The molecule has 154 valence electrons. The predicted molar refractivity (Wildman–Crippen MR) is 111 cm³/mol. The number of para-hydroxylation sites is 1. The van der Waals surface area contributed by atoms with Crippen molar-refractivity contribution < 1.29 is 19.1 Å². The van der Waals surface area contributed by atoms with Crippen LogP contribution in [0.1, 0.15) is 35.7 Å². The lowest BCUT2D eigenvalue weighted by Crippen LogP contribution is -2.39. The zero-order valence-electron chi connectivity index (χ0n) is 17.3. The van der Waals surface area contributed by atoms with Crippen LogP contribution >= 0.6 is 0 Å². The van der Waals surface area contributed by atoms with Crippen LogP contribution in [0.15, 0.2) is 48.5 Å². The minimum Gasteiger partial charge on any atom is -0.493 e. The van der Waals surface area contributed by atoms with Gasteiger partial charge in [0.2, 0.25) is 5.91 Å². The fraction of sp³-hybridized carbons (Fsp3) is 0.391. The Hall–Kier alpha value is -3.02. The molecule has 29 heavy (non-hydrogen) atoms. The summed E-state index contributed by atoms with van der Waals surface area (Å²) in [6.45, 7) is 4.66. The highest BCUT2D eigenvalue weighted by atomic mass is 16.5. The van der Waals surface area contributed by atoms with Crippen LogP contribution in [0.25, 0.3) is 0 Å². The van der Waals surface area contributed by atoms with Crippen molar-refractivity contribution in [1.29, 1.82) is 0 Å². The van der Waals surface area contributed by atoms with Gasteiger partial charge in [0.15, 0.2) is 11.5 Å². The average Bonchev–Trinajstić information content (AvgIpc) is 3.18. The van der Waals surface area contributed by atoms with Crippen LogP contribution in [-0.2, 0) is 4.79 Å². The Labute approximate surface area is 171 Å². The second kappa shape index (κ2) is 8.99. The molecule has 1 aliphatic heterocycles. The van der Waals surface area contributed by atoms with Gasteiger partial charge in [0, 0.05) is 36.2 Å². The van der Waals surface area contributed by atoms with Crippen LogP contribution in [0.4, 0.5) is 0 Å². The van der Waals surface area contributed by atoms with Gasteiger partial charge in [-0.25, -0.2) is 0 Å². The monoisotopic (exact) mass is 396 g/mol. The summed E-state index contributed by atoms with van der Waals surface area (Å²) in [5.41, 5.74) is 1.49. The number of rotatable bonds is 6. The van der Waals surface area contributed by atoms with E-state index in [1.165, 1.54) is 0 Å². The van der Waals surface area contributed by atoms with E-state index in [9.17, 15) is 9.59 Å². The number of methoxy groups -OCH3 is 2. The summed E-state index contributed by atoms with van der Waals surface area (Å²) in [5.74, 6) is 0.533. The van der Waals surface area contributed by atoms with E-state index >= 15 is 0 Å². The molecule has 0 bridgehead atoms. The summed E-state index contributed by atoms with van der Waals surface area (Å²) in [6.07, 6.45) is 0. The van der Waals surface area contributed by atoms with Crippen molar-refractivity contribution in [2.45, 2.75) is 25.8 Å². The summed E-state index contributed by atoms with van der Waals surface area (Å²) >= 11 is 0. The number of nitrogens with zero attached hydrogens (tertiary/aromatic N) is 1. The molecule has 6 nitrogen and oxygen atoms in total. The van der Waals surface area contributed by atoms with Crippen molar-refractivity contribution in [2.75, 3.05) is 27.3 Å². The Balaban J connectivity index is 1.96. The molecule has 2 amide bonds. The molecule has 2 aromatic carbocycles. The van der Waals surface area contributed by atoms with Crippen molar-refractivity contribution in [3.05, 3.63) is 59.7 Å². The van der Waals surface area contributed by atoms with Crippen LogP contribution in [-0.4, -0.2) is 50.1 Å². The second-order valence-electron chi connectivity index (χ2n) is 7.54. The molecule has 2 unspecified atom stereocenters. The number of benzene rings is 2. The topological polar surface area (TPSA) is 67.9 Å². The third-order valence-electron chi connectivity index (χ3n) is 5.23. The Morgan fingerprint density at radius 1 is 1.00 bits per heavy atom. The molecule has 1 saturated heterocycles. The molecule has 0 saturated carbocycles. The molecule has 0 spiro atoms. The molecule has 3 rings (SSSR count). The maximum atomic E-state index is 13.0. The maximum Gasteiger partial charge on any atom is 0.253 e. The van der Waals surface area contributed by atoms with Crippen molar-refractivity contribution >= 4 is 11.8 Å². The van der Waals surface area contributed by atoms with Gasteiger partial charge in [-0.05, 0) is 32.0 Å². The number of hydrogen-bond donors (Lipinski definition) is 1. The fourth-order valence-electron chi connectivity index (χ4n) is 3.91. The van der Waals surface area contributed by atoms with E-state index in [0.717, 1.165) is 5.56 Å². The van der Waals surface area contributed by atoms with E-state index in [4.69, 9.17) is 9.47 Å². The van der Waals surface area contributed by atoms with Crippen LogP contribution in [0.5, 0.6) is 11.5 Å². The van der Waals surface area contributed by atoms with Gasteiger partial charge in [-0.2, -0.15) is 0 Å². The largest absolute Gasteiger partial charge is 0.493 e. The van der Waals surface area contributed by atoms with E-state index in [1.54, 1.807) is 31.3 Å². The number of nitrogens with one attached hydrogen (secondary N) is 1. The molecule has 2 aromatic rings. The first-order valence-electron chi connectivity index (χ1n) is 9.81. The molecule has 0 aliphatic carbocycles. The Morgan fingerprint density at radius 2 is 1.72 bits per heavy atom. The van der Waals surface area contributed by atoms with Gasteiger partial charge in [-0.3, -0.25) is 9.59 Å². The Kier molecular flexibility index (Phi) is 6.42. The number of hydrogen-bond acceptors (Lipinski definition) is 4. The number of ether oxygens (including phenoxy) is 2. The minimum absolute atomic E-state index is 0.0224. The first-order chi connectivity index (χ1) is 14.0. The molecule has 1 aliphatic rings. The van der Waals surface area contributed by atoms with Crippen molar-refractivity contribution in [2.24, 2.45) is 5.92 Å². The third-order valence-corrected chi connectivity index (χ3v) is 5.23. The Bertz CT molecular complexity index is 866. The fourth-order valence-corrected chi connectivity index (χ4v) is 3.91. The molecule has 0 aromatic heterocycles.